The molecule has 0 saturated carbocycles. The van der Waals surface area contributed by atoms with Gasteiger partial charge in [0.25, 0.3) is 0 Å². The summed E-state index contributed by atoms with van der Waals surface area (Å²) in [7, 11) is 0. The van der Waals surface area contributed by atoms with Gasteiger partial charge in [-0.1, -0.05) is 40.2 Å². The summed E-state index contributed by atoms with van der Waals surface area (Å²) in [6.45, 7) is 0.319. The highest BCUT2D eigenvalue weighted by atomic mass is 79.9. The molecule has 0 amide bonds. The standard InChI is InChI=1S/C14H14BrNO2/c15-11-7-5-10(6-8-11)12(16)9-18-14-4-2-1-3-13(14)17/h1-8,12,17H,9,16H2. The van der Waals surface area contributed by atoms with Gasteiger partial charge < -0.3 is 15.6 Å². The average molecular weight is 308 g/mol. The third-order valence-electron chi connectivity index (χ3n) is 2.58. The number of phenolic OH excluding ortho intramolecular Hbond substituents is 1. The first-order chi connectivity index (χ1) is 8.66. The van der Waals surface area contributed by atoms with Crippen molar-refractivity contribution in [2.75, 3.05) is 6.61 Å². The molecule has 3 N–H and O–H groups in total. The van der Waals surface area contributed by atoms with Crippen LogP contribution in [0.4, 0.5) is 0 Å². The van der Waals surface area contributed by atoms with E-state index in [1.54, 1.807) is 24.3 Å². The maximum Gasteiger partial charge on any atom is 0.161 e. The quantitative estimate of drug-likeness (QED) is 0.912. The van der Waals surface area contributed by atoms with Crippen LogP contribution in [0.25, 0.3) is 0 Å². The topological polar surface area (TPSA) is 55.5 Å². The Bertz CT molecular complexity index is 513. The molecule has 94 valence electrons. The zero-order valence-corrected chi connectivity index (χ0v) is 11.3. The zero-order chi connectivity index (χ0) is 13.0. The molecule has 0 aliphatic rings. The van der Waals surface area contributed by atoms with Crippen molar-refractivity contribution in [3.8, 4) is 11.5 Å². The summed E-state index contributed by atoms with van der Waals surface area (Å²) in [5.41, 5.74) is 7.02. The fourth-order valence-corrected chi connectivity index (χ4v) is 1.83. The van der Waals surface area contributed by atoms with Crippen LogP contribution in [0.5, 0.6) is 11.5 Å². The molecule has 2 aromatic carbocycles. The molecule has 4 heteroatoms. The van der Waals surface area contributed by atoms with E-state index in [9.17, 15) is 5.11 Å². The molecule has 0 aliphatic heterocycles. The molecule has 0 radical (unpaired) electrons. The average Bonchev–Trinajstić information content (AvgIpc) is 2.38. The number of hydrogen-bond donors (Lipinski definition) is 2. The Morgan fingerprint density at radius 3 is 2.44 bits per heavy atom. The summed E-state index contributed by atoms with van der Waals surface area (Å²) in [6.07, 6.45) is 0. The highest BCUT2D eigenvalue weighted by molar-refractivity contribution is 9.10. The summed E-state index contributed by atoms with van der Waals surface area (Å²) in [5.74, 6) is 0.575. The van der Waals surface area contributed by atoms with E-state index >= 15 is 0 Å². The zero-order valence-electron chi connectivity index (χ0n) is 9.71. The number of benzene rings is 2. The van der Waals surface area contributed by atoms with Crippen molar-refractivity contribution in [1.82, 2.24) is 0 Å². The lowest BCUT2D eigenvalue weighted by atomic mass is 10.1. The molecule has 0 fully saturated rings. The number of hydrogen-bond acceptors (Lipinski definition) is 3. The fourth-order valence-electron chi connectivity index (χ4n) is 1.56. The molecular formula is C14H14BrNO2. The summed E-state index contributed by atoms with van der Waals surface area (Å²) in [6, 6.07) is 14.4. The lowest BCUT2D eigenvalue weighted by molar-refractivity contribution is 0.277. The predicted octanol–water partition coefficient (Wildman–Crippen LogP) is 3.23. The van der Waals surface area contributed by atoms with E-state index in [1.165, 1.54) is 0 Å². The van der Waals surface area contributed by atoms with E-state index in [1.807, 2.05) is 24.3 Å². The van der Waals surface area contributed by atoms with Gasteiger partial charge in [0.2, 0.25) is 0 Å². The van der Waals surface area contributed by atoms with Gasteiger partial charge in [0.15, 0.2) is 11.5 Å². The lowest BCUT2D eigenvalue weighted by Gasteiger charge is -2.14. The summed E-state index contributed by atoms with van der Waals surface area (Å²) >= 11 is 3.37. The van der Waals surface area contributed by atoms with Crippen LogP contribution in [0.15, 0.2) is 53.0 Å². The van der Waals surface area contributed by atoms with E-state index < -0.39 is 0 Å². The Morgan fingerprint density at radius 2 is 1.78 bits per heavy atom. The minimum atomic E-state index is -0.224. The smallest absolute Gasteiger partial charge is 0.161 e. The number of para-hydroxylation sites is 2. The van der Waals surface area contributed by atoms with Crippen molar-refractivity contribution >= 4 is 15.9 Å². The number of nitrogens with two attached hydrogens (primary N) is 1. The van der Waals surface area contributed by atoms with Gasteiger partial charge in [-0.25, -0.2) is 0 Å². The van der Waals surface area contributed by atoms with Crippen LogP contribution in [0.3, 0.4) is 0 Å². The molecule has 0 heterocycles. The minimum absolute atomic E-state index is 0.125. The van der Waals surface area contributed by atoms with Crippen LogP contribution in [0.1, 0.15) is 11.6 Å². The Morgan fingerprint density at radius 1 is 1.11 bits per heavy atom. The summed E-state index contributed by atoms with van der Waals surface area (Å²) in [5, 5.41) is 9.56. The molecule has 1 unspecified atom stereocenters. The van der Waals surface area contributed by atoms with Crippen molar-refractivity contribution in [3.63, 3.8) is 0 Å². The Hall–Kier alpha value is -1.52. The Balaban J connectivity index is 1.98. The predicted molar refractivity (Wildman–Crippen MR) is 74.7 cm³/mol. The maximum atomic E-state index is 9.56. The second-order valence-corrected chi connectivity index (χ2v) is 4.85. The molecule has 0 aromatic heterocycles. The van der Waals surface area contributed by atoms with E-state index in [0.29, 0.717) is 12.4 Å². The van der Waals surface area contributed by atoms with Gasteiger partial charge >= 0.3 is 0 Å². The third-order valence-corrected chi connectivity index (χ3v) is 3.11. The van der Waals surface area contributed by atoms with Crippen molar-refractivity contribution < 1.29 is 9.84 Å². The number of ether oxygens (including phenoxy) is 1. The van der Waals surface area contributed by atoms with Gasteiger partial charge in [-0.05, 0) is 29.8 Å². The van der Waals surface area contributed by atoms with Gasteiger partial charge in [0.1, 0.15) is 6.61 Å². The van der Waals surface area contributed by atoms with Crippen LogP contribution in [-0.4, -0.2) is 11.7 Å². The van der Waals surface area contributed by atoms with Crippen molar-refractivity contribution in [3.05, 3.63) is 58.6 Å². The van der Waals surface area contributed by atoms with Gasteiger partial charge in [-0.15, -0.1) is 0 Å². The van der Waals surface area contributed by atoms with Crippen LogP contribution in [0.2, 0.25) is 0 Å². The van der Waals surface area contributed by atoms with Crippen molar-refractivity contribution in [2.45, 2.75) is 6.04 Å². The molecule has 0 spiro atoms. The van der Waals surface area contributed by atoms with Gasteiger partial charge in [0.05, 0.1) is 6.04 Å². The largest absolute Gasteiger partial charge is 0.504 e. The van der Waals surface area contributed by atoms with Gasteiger partial charge in [-0.3, -0.25) is 0 Å². The molecule has 0 saturated heterocycles. The van der Waals surface area contributed by atoms with Crippen LogP contribution in [-0.2, 0) is 0 Å². The van der Waals surface area contributed by atoms with Crippen molar-refractivity contribution in [2.24, 2.45) is 5.73 Å². The summed E-state index contributed by atoms with van der Waals surface area (Å²) in [4.78, 5) is 0. The third kappa shape index (κ3) is 3.24. The summed E-state index contributed by atoms with van der Waals surface area (Å²) < 4.78 is 6.51. The van der Waals surface area contributed by atoms with Crippen molar-refractivity contribution in [1.29, 1.82) is 0 Å². The van der Waals surface area contributed by atoms with E-state index in [4.69, 9.17) is 10.5 Å². The highest BCUT2D eigenvalue weighted by Gasteiger charge is 2.08. The van der Waals surface area contributed by atoms with E-state index in [2.05, 4.69) is 15.9 Å². The first-order valence-corrected chi connectivity index (χ1v) is 6.38. The van der Waals surface area contributed by atoms with Crippen LogP contribution < -0.4 is 10.5 Å². The molecule has 18 heavy (non-hydrogen) atoms. The SMILES string of the molecule is NC(COc1ccccc1O)c1ccc(Br)cc1. The van der Waals surface area contributed by atoms with E-state index in [0.717, 1.165) is 10.0 Å². The van der Waals surface area contributed by atoms with Crippen LogP contribution >= 0.6 is 15.9 Å². The minimum Gasteiger partial charge on any atom is -0.504 e. The molecule has 1 atom stereocenters. The van der Waals surface area contributed by atoms with Gasteiger partial charge in [0, 0.05) is 4.47 Å². The fraction of sp³-hybridized carbons (Fsp3) is 0.143. The monoisotopic (exact) mass is 307 g/mol. The molecule has 2 aromatic rings. The van der Waals surface area contributed by atoms with Gasteiger partial charge in [-0.2, -0.15) is 0 Å². The molecule has 0 aliphatic carbocycles. The first-order valence-electron chi connectivity index (χ1n) is 5.58. The molecule has 3 nitrogen and oxygen atoms in total. The number of halogens is 1. The lowest BCUT2D eigenvalue weighted by Crippen LogP contribution is -2.18. The number of phenols is 1. The first kappa shape index (κ1) is 12.9. The van der Waals surface area contributed by atoms with Crippen LogP contribution in [0, 0.1) is 0 Å². The second-order valence-electron chi connectivity index (χ2n) is 3.94. The molecule has 0 bridgehead atoms. The number of rotatable bonds is 4. The molecule has 2 rings (SSSR count). The second kappa shape index (κ2) is 5.89. The Labute approximate surface area is 114 Å². The highest BCUT2D eigenvalue weighted by Crippen LogP contribution is 2.25. The molecular weight excluding hydrogens is 294 g/mol. The van der Waals surface area contributed by atoms with E-state index in [-0.39, 0.29) is 11.8 Å². The Kier molecular flexibility index (Phi) is 4.23. The maximum absolute atomic E-state index is 9.56. The normalized spacial score (nSPS) is 12.1. The number of aromatic hydroxyl groups is 1.